The predicted octanol–water partition coefficient (Wildman–Crippen LogP) is 2.18. The molecule has 0 amide bonds. The highest BCUT2D eigenvalue weighted by molar-refractivity contribution is 6.00. The summed E-state index contributed by atoms with van der Waals surface area (Å²) in [6.45, 7) is 3.18. The highest BCUT2D eigenvalue weighted by atomic mass is 16.5. The molecule has 92 valence electrons. The summed E-state index contributed by atoms with van der Waals surface area (Å²) in [5.74, 6) is 0.916. The second-order valence-electron chi connectivity index (χ2n) is 4.59. The van der Waals surface area contributed by atoms with Crippen LogP contribution >= 0.6 is 0 Å². The van der Waals surface area contributed by atoms with Crippen LogP contribution in [0.25, 0.3) is 0 Å². The topological polar surface area (TPSA) is 52.3 Å². The summed E-state index contributed by atoms with van der Waals surface area (Å²) in [6.07, 6.45) is 2.76. The highest BCUT2D eigenvalue weighted by Gasteiger charge is 2.22. The summed E-state index contributed by atoms with van der Waals surface area (Å²) in [7, 11) is 0. The number of fused-ring (bicyclic) bond motifs is 1. The monoisotopic (exact) mass is 233 g/mol. The zero-order chi connectivity index (χ0) is 12.3. The molecule has 3 nitrogen and oxygen atoms in total. The van der Waals surface area contributed by atoms with E-state index in [0.29, 0.717) is 13.2 Å². The number of nitrogens with two attached hydrogens (primary N) is 1. The number of benzene rings is 1. The quantitative estimate of drug-likeness (QED) is 0.811. The lowest BCUT2D eigenvalue weighted by atomic mass is 9.93. The molecule has 17 heavy (non-hydrogen) atoms. The van der Waals surface area contributed by atoms with Crippen LogP contribution in [-0.2, 0) is 6.42 Å². The van der Waals surface area contributed by atoms with E-state index >= 15 is 0 Å². The molecule has 0 aliphatic carbocycles. The molecule has 1 unspecified atom stereocenters. The normalized spacial score (nSPS) is 15.9. The second-order valence-corrected chi connectivity index (χ2v) is 4.59. The molecule has 0 saturated heterocycles. The number of aryl methyl sites for hydroxylation is 1. The molecule has 1 atom stereocenters. The van der Waals surface area contributed by atoms with Crippen molar-refractivity contribution in [1.82, 2.24) is 0 Å². The number of carbonyl (C=O) groups is 1. The molecule has 0 saturated carbocycles. The molecule has 1 heterocycles. The van der Waals surface area contributed by atoms with Crippen molar-refractivity contribution in [2.45, 2.75) is 26.2 Å². The molecule has 1 aromatic carbocycles. The number of carbonyl (C=O) groups excluding carboxylic acids is 1. The van der Waals surface area contributed by atoms with Gasteiger partial charge in [-0.1, -0.05) is 19.1 Å². The van der Waals surface area contributed by atoms with Crippen molar-refractivity contribution in [3.8, 4) is 5.75 Å². The van der Waals surface area contributed by atoms with Gasteiger partial charge < -0.3 is 10.5 Å². The summed E-state index contributed by atoms with van der Waals surface area (Å²) in [6, 6.07) is 5.84. The van der Waals surface area contributed by atoms with E-state index in [4.69, 9.17) is 10.5 Å². The number of Topliss-reactive ketones (excluding diaryl/α,β-unsaturated/α-hetero) is 1. The fourth-order valence-corrected chi connectivity index (χ4v) is 2.23. The average Bonchev–Trinajstić information content (AvgIpc) is 2.37. The van der Waals surface area contributed by atoms with Gasteiger partial charge in [0.05, 0.1) is 12.2 Å². The largest absolute Gasteiger partial charge is 0.493 e. The van der Waals surface area contributed by atoms with Crippen molar-refractivity contribution < 1.29 is 9.53 Å². The summed E-state index contributed by atoms with van der Waals surface area (Å²) in [5, 5.41) is 0. The Hall–Kier alpha value is -1.35. The van der Waals surface area contributed by atoms with E-state index < -0.39 is 0 Å². The Morgan fingerprint density at radius 2 is 2.35 bits per heavy atom. The molecule has 2 N–H and O–H groups in total. The SMILES string of the molecule is CC(CCN)C(=O)c1cccc2c1OCCC2. The molecule has 0 bridgehead atoms. The van der Waals surface area contributed by atoms with Gasteiger partial charge >= 0.3 is 0 Å². The average molecular weight is 233 g/mol. The first-order valence-corrected chi connectivity index (χ1v) is 6.23. The fraction of sp³-hybridized carbons (Fsp3) is 0.500. The molecule has 1 aromatic rings. The molecule has 2 rings (SSSR count). The molecule has 1 aliphatic heterocycles. The molecule has 0 spiro atoms. The van der Waals surface area contributed by atoms with Gasteiger partial charge in [-0.2, -0.15) is 0 Å². The van der Waals surface area contributed by atoms with E-state index in [2.05, 4.69) is 0 Å². The molecule has 0 aromatic heterocycles. The number of hydrogen-bond donors (Lipinski definition) is 1. The predicted molar refractivity (Wildman–Crippen MR) is 67.4 cm³/mol. The van der Waals surface area contributed by atoms with Gasteiger partial charge in [0.2, 0.25) is 0 Å². The third-order valence-electron chi connectivity index (χ3n) is 3.25. The van der Waals surface area contributed by atoms with Crippen molar-refractivity contribution in [1.29, 1.82) is 0 Å². The summed E-state index contributed by atoms with van der Waals surface area (Å²) >= 11 is 0. The number of para-hydroxylation sites is 1. The van der Waals surface area contributed by atoms with Gasteiger partial charge in [-0.05, 0) is 37.4 Å². The van der Waals surface area contributed by atoms with Gasteiger partial charge in [0, 0.05) is 5.92 Å². The lowest BCUT2D eigenvalue weighted by Gasteiger charge is -2.21. The van der Waals surface area contributed by atoms with E-state index in [1.807, 2.05) is 25.1 Å². The lowest BCUT2D eigenvalue weighted by molar-refractivity contribution is 0.0920. The van der Waals surface area contributed by atoms with Gasteiger partial charge in [0.25, 0.3) is 0 Å². The molecular formula is C14H19NO2. The minimum absolute atomic E-state index is 0.0305. The van der Waals surface area contributed by atoms with Crippen LogP contribution in [0.1, 0.15) is 35.7 Å². The summed E-state index contributed by atoms with van der Waals surface area (Å²) in [4.78, 5) is 12.3. The van der Waals surface area contributed by atoms with Gasteiger partial charge in [0.1, 0.15) is 5.75 Å². The maximum atomic E-state index is 12.3. The van der Waals surface area contributed by atoms with Crippen molar-refractivity contribution in [2.24, 2.45) is 11.7 Å². The van der Waals surface area contributed by atoms with Crippen molar-refractivity contribution in [3.05, 3.63) is 29.3 Å². The second kappa shape index (κ2) is 5.32. The van der Waals surface area contributed by atoms with Gasteiger partial charge in [-0.3, -0.25) is 4.79 Å². The standard InChI is InChI=1S/C14H19NO2/c1-10(7-8-15)13(16)12-6-2-4-11-5-3-9-17-14(11)12/h2,4,6,10H,3,5,7-9,15H2,1H3. The van der Waals surface area contributed by atoms with Crippen LogP contribution in [0.3, 0.4) is 0 Å². The van der Waals surface area contributed by atoms with Crippen LogP contribution < -0.4 is 10.5 Å². The minimum Gasteiger partial charge on any atom is -0.493 e. The van der Waals surface area contributed by atoms with E-state index in [9.17, 15) is 4.79 Å². The van der Waals surface area contributed by atoms with Crippen molar-refractivity contribution in [3.63, 3.8) is 0 Å². The Morgan fingerprint density at radius 3 is 3.12 bits per heavy atom. The lowest BCUT2D eigenvalue weighted by Crippen LogP contribution is -2.19. The van der Waals surface area contributed by atoms with Crippen LogP contribution in [0.2, 0.25) is 0 Å². The first-order chi connectivity index (χ1) is 8.24. The van der Waals surface area contributed by atoms with E-state index in [1.54, 1.807) is 0 Å². The Morgan fingerprint density at radius 1 is 1.53 bits per heavy atom. The Balaban J connectivity index is 2.29. The number of ether oxygens (including phenoxy) is 1. The summed E-state index contributed by atoms with van der Waals surface area (Å²) in [5.41, 5.74) is 7.38. The smallest absolute Gasteiger partial charge is 0.169 e. The van der Waals surface area contributed by atoms with Gasteiger partial charge in [-0.15, -0.1) is 0 Å². The minimum atomic E-state index is -0.0305. The van der Waals surface area contributed by atoms with Crippen LogP contribution in [0, 0.1) is 5.92 Å². The zero-order valence-electron chi connectivity index (χ0n) is 10.2. The van der Waals surface area contributed by atoms with Crippen molar-refractivity contribution >= 4 is 5.78 Å². The highest BCUT2D eigenvalue weighted by Crippen LogP contribution is 2.30. The first kappa shape index (κ1) is 12.1. The third kappa shape index (κ3) is 2.50. The molecular weight excluding hydrogens is 214 g/mol. The van der Waals surface area contributed by atoms with E-state index in [1.165, 1.54) is 0 Å². The number of ketones is 1. The maximum Gasteiger partial charge on any atom is 0.169 e. The van der Waals surface area contributed by atoms with Crippen LogP contribution in [0.4, 0.5) is 0 Å². The Bertz CT molecular complexity index is 415. The number of hydrogen-bond acceptors (Lipinski definition) is 3. The molecule has 0 fully saturated rings. The van der Waals surface area contributed by atoms with Gasteiger partial charge in [-0.25, -0.2) is 0 Å². The summed E-state index contributed by atoms with van der Waals surface area (Å²) < 4.78 is 5.65. The van der Waals surface area contributed by atoms with E-state index in [-0.39, 0.29) is 11.7 Å². The van der Waals surface area contributed by atoms with Gasteiger partial charge in [0.15, 0.2) is 5.78 Å². The van der Waals surface area contributed by atoms with Crippen LogP contribution in [0.15, 0.2) is 18.2 Å². The molecule has 0 radical (unpaired) electrons. The Kier molecular flexibility index (Phi) is 3.79. The molecule has 3 heteroatoms. The van der Waals surface area contributed by atoms with Crippen LogP contribution in [-0.4, -0.2) is 18.9 Å². The van der Waals surface area contributed by atoms with E-state index in [0.717, 1.165) is 36.1 Å². The van der Waals surface area contributed by atoms with Crippen molar-refractivity contribution in [2.75, 3.05) is 13.2 Å². The maximum absolute atomic E-state index is 12.3. The molecule has 1 aliphatic rings. The van der Waals surface area contributed by atoms with Crippen LogP contribution in [0.5, 0.6) is 5.75 Å². The Labute approximate surface area is 102 Å². The zero-order valence-corrected chi connectivity index (χ0v) is 10.2. The first-order valence-electron chi connectivity index (χ1n) is 6.23. The fourth-order valence-electron chi connectivity index (χ4n) is 2.23. The number of rotatable bonds is 4. The third-order valence-corrected chi connectivity index (χ3v) is 3.25.